The average Bonchev–Trinajstić information content (AvgIpc) is 3.18. The van der Waals surface area contributed by atoms with Crippen molar-refractivity contribution < 1.29 is 17.9 Å². The van der Waals surface area contributed by atoms with E-state index >= 15 is 0 Å². The minimum atomic E-state index is -3.66. The van der Waals surface area contributed by atoms with E-state index in [1.807, 2.05) is 54.2 Å². The molecule has 4 rings (SSSR count). The smallest absolute Gasteiger partial charge is 0.243 e. The summed E-state index contributed by atoms with van der Waals surface area (Å²) in [5.74, 6) is 0.286. The summed E-state index contributed by atoms with van der Waals surface area (Å²) in [6, 6.07) is 14.6. The van der Waals surface area contributed by atoms with E-state index in [0.717, 1.165) is 22.2 Å². The van der Waals surface area contributed by atoms with Gasteiger partial charge in [-0.05, 0) is 54.8 Å². The fourth-order valence-electron chi connectivity index (χ4n) is 4.02. The van der Waals surface area contributed by atoms with Gasteiger partial charge in [0.25, 0.3) is 0 Å². The second-order valence-corrected chi connectivity index (χ2v) is 9.85. The third kappa shape index (κ3) is 4.45. The number of methoxy groups -OCH3 is 1. The van der Waals surface area contributed by atoms with Gasteiger partial charge in [0, 0.05) is 43.8 Å². The van der Waals surface area contributed by atoms with Crippen LogP contribution in [0.25, 0.3) is 10.9 Å². The van der Waals surface area contributed by atoms with Gasteiger partial charge in [-0.25, -0.2) is 8.42 Å². The first kappa shape index (κ1) is 21.4. The first-order valence-electron chi connectivity index (χ1n) is 10.3. The van der Waals surface area contributed by atoms with Crippen LogP contribution in [0, 0.1) is 5.92 Å². The summed E-state index contributed by atoms with van der Waals surface area (Å²) in [6.45, 7) is 1.03. The predicted octanol–water partition coefficient (Wildman–Crippen LogP) is 2.90. The van der Waals surface area contributed by atoms with Crippen molar-refractivity contribution in [1.29, 1.82) is 0 Å². The molecule has 1 N–H and O–H groups in total. The van der Waals surface area contributed by atoms with Crippen molar-refractivity contribution in [3.8, 4) is 5.75 Å². The van der Waals surface area contributed by atoms with Crippen LogP contribution in [-0.4, -0.2) is 43.4 Å². The van der Waals surface area contributed by atoms with Crippen molar-refractivity contribution in [3.05, 3.63) is 60.3 Å². The zero-order chi connectivity index (χ0) is 22.0. The summed E-state index contributed by atoms with van der Waals surface area (Å²) < 4.78 is 35.0. The Bertz CT molecular complexity index is 1190. The number of amides is 1. The summed E-state index contributed by atoms with van der Waals surface area (Å²) in [4.78, 5) is 13.0. The molecule has 1 aliphatic rings. The van der Waals surface area contributed by atoms with Crippen LogP contribution in [-0.2, 0) is 28.4 Å². The van der Waals surface area contributed by atoms with Crippen LogP contribution >= 0.6 is 0 Å². The lowest BCUT2D eigenvalue weighted by Gasteiger charge is -2.31. The van der Waals surface area contributed by atoms with E-state index in [0.29, 0.717) is 25.9 Å². The number of carbonyl (C=O) groups is 1. The van der Waals surface area contributed by atoms with E-state index in [-0.39, 0.29) is 23.3 Å². The summed E-state index contributed by atoms with van der Waals surface area (Å²) in [7, 11) is -0.120. The quantitative estimate of drug-likeness (QED) is 0.638. The van der Waals surface area contributed by atoms with Crippen LogP contribution in [0.4, 0.5) is 0 Å². The molecule has 0 unspecified atom stereocenters. The molecule has 8 heteroatoms. The molecule has 1 saturated heterocycles. The second-order valence-electron chi connectivity index (χ2n) is 7.92. The molecule has 0 spiro atoms. The molecular weight excluding hydrogens is 414 g/mol. The number of sulfonamides is 1. The van der Waals surface area contributed by atoms with E-state index in [4.69, 9.17) is 4.74 Å². The average molecular weight is 442 g/mol. The van der Waals surface area contributed by atoms with Gasteiger partial charge in [-0.2, -0.15) is 4.31 Å². The van der Waals surface area contributed by atoms with Gasteiger partial charge in [0.15, 0.2) is 0 Å². The topological polar surface area (TPSA) is 80.6 Å². The zero-order valence-corrected chi connectivity index (χ0v) is 18.6. The summed E-state index contributed by atoms with van der Waals surface area (Å²) in [5, 5.41) is 3.82. The van der Waals surface area contributed by atoms with E-state index in [9.17, 15) is 13.2 Å². The van der Waals surface area contributed by atoms with Crippen LogP contribution in [0.3, 0.4) is 0 Å². The van der Waals surface area contributed by atoms with Crippen LogP contribution < -0.4 is 10.1 Å². The standard InChI is InChI=1S/C23H27N3O4S/c1-25-13-11-18-14-21(9-10-22(18)25)31(28,29)26-12-3-4-19(16-26)23(27)24-15-17-5-7-20(30-2)8-6-17/h5-11,13-14,19H,3-4,12,15-16H2,1-2H3,(H,24,27)/t19-/m1/s1. The van der Waals surface area contributed by atoms with E-state index in [1.165, 1.54) is 4.31 Å². The number of nitrogens with one attached hydrogen (secondary N) is 1. The Hall–Kier alpha value is -2.84. The minimum absolute atomic E-state index is 0.116. The number of aromatic nitrogens is 1. The fraction of sp³-hybridized carbons (Fsp3) is 0.348. The highest BCUT2D eigenvalue weighted by atomic mass is 32.2. The Morgan fingerprint density at radius 3 is 2.68 bits per heavy atom. The molecule has 31 heavy (non-hydrogen) atoms. The number of fused-ring (bicyclic) bond motifs is 1. The van der Waals surface area contributed by atoms with Crippen LogP contribution in [0.1, 0.15) is 18.4 Å². The number of hydrogen-bond acceptors (Lipinski definition) is 4. The maximum absolute atomic E-state index is 13.2. The monoisotopic (exact) mass is 441 g/mol. The number of nitrogens with zero attached hydrogens (tertiary/aromatic N) is 2. The lowest BCUT2D eigenvalue weighted by Crippen LogP contribution is -2.45. The van der Waals surface area contributed by atoms with E-state index in [1.54, 1.807) is 19.2 Å². The van der Waals surface area contributed by atoms with Crippen LogP contribution in [0.2, 0.25) is 0 Å². The van der Waals surface area contributed by atoms with Crippen LogP contribution in [0.15, 0.2) is 59.6 Å². The highest BCUT2D eigenvalue weighted by Gasteiger charge is 2.33. The lowest BCUT2D eigenvalue weighted by atomic mass is 9.99. The molecule has 1 fully saturated rings. The highest BCUT2D eigenvalue weighted by molar-refractivity contribution is 7.89. The van der Waals surface area contributed by atoms with Crippen molar-refractivity contribution in [1.82, 2.24) is 14.2 Å². The van der Waals surface area contributed by atoms with Crippen molar-refractivity contribution >= 4 is 26.8 Å². The molecule has 7 nitrogen and oxygen atoms in total. The molecule has 1 aromatic heterocycles. The highest BCUT2D eigenvalue weighted by Crippen LogP contribution is 2.26. The molecule has 0 aliphatic carbocycles. The van der Waals surface area contributed by atoms with Gasteiger partial charge in [0.2, 0.25) is 15.9 Å². The summed E-state index contributed by atoms with van der Waals surface area (Å²) in [5.41, 5.74) is 1.94. The molecular formula is C23H27N3O4S. The number of aryl methyl sites for hydroxylation is 1. The Kier molecular flexibility index (Phi) is 6.02. The third-order valence-electron chi connectivity index (χ3n) is 5.88. The normalized spacial score (nSPS) is 17.5. The van der Waals surface area contributed by atoms with Crippen molar-refractivity contribution in [2.45, 2.75) is 24.3 Å². The van der Waals surface area contributed by atoms with E-state index in [2.05, 4.69) is 5.32 Å². The zero-order valence-electron chi connectivity index (χ0n) is 17.7. The number of benzene rings is 2. The predicted molar refractivity (Wildman–Crippen MR) is 119 cm³/mol. The molecule has 1 aliphatic heterocycles. The maximum Gasteiger partial charge on any atom is 0.243 e. The molecule has 3 aromatic rings. The Labute approximate surface area is 182 Å². The minimum Gasteiger partial charge on any atom is -0.497 e. The van der Waals surface area contributed by atoms with Crippen molar-refractivity contribution in [3.63, 3.8) is 0 Å². The summed E-state index contributed by atoms with van der Waals surface area (Å²) >= 11 is 0. The number of rotatable bonds is 6. The fourth-order valence-corrected chi connectivity index (χ4v) is 5.58. The van der Waals surface area contributed by atoms with Crippen LogP contribution in [0.5, 0.6) is 5.75 Å². The largest absolute Gasteiger partial charge is 0.497 e. The molecule has 164 valence electrons. The third-order valence-corrected chi connectivity index (χ3v) is 7.74. The van der Waals surface area contributed by atoms with Gasteiger partial charge in [-0.3, -0.25) is 4.79 Å². The molecule has 2 heterocycles. The first-order chi connectivity index (χ1) is 14.9. The van der Waals surface area contributed by atoms with Gasteiger partial charge in [0.1, 0.15) is 5.75 Å². The van der Waals surface area contributed by atoms with Gasteiger partial charge in [0.05, 0.1) is 17.9 Å². The van der Waals surface area contributed by atoms with Gasteiger partial charge < -0.3 is 14.6 Å². The van der Waals surface area contributed by atoms with E-state index < -0.39 is 10.0 Å². The maximum atomic E-state index is 13.2. The molecule has 0 bridgehead atoms. The second kappa shape index (κ2) is 8.72. The van der Waals surface area contributed by atoms with Gasteiger partial charge in [-0.1, -0.05) is 12.1 Å². The first-order valence-corrected chi connectivity index (χ1v) is 11.8. The van der Waals surface area contributed by atoms with Gasteiger partial charge in [-0.15, -0.1) is 0 Å². The molecule has 2 aromatic carbocycles. The Morgan fingerprint density at radius 2 is 1.94 bits per heavy atom. The lowest BCUT2D eigenvalue weighted by molar-refractivity contribution is -0.126. The molecule has 0 saturated carbocycles. The number of ether oxygens (including phenoxy) is 1. The Balaban J connectivity index is 1.43. The molecule has 1 atom stereocenters. The Morgan fingerprint density at radius 1 is 1.16 bits per heavy atom. The molecule has 1 amide bonds. The SMILES string of the molecule is COc1ccc(CNC(=O)[C@@H]2CCCN(S(=O)(=O)c3ccc4c(ccn4C)c3)C2)cc1. The van der Waals surface area contributed by atoms with Gasteiger partial charge >= 0.3 is 0 Å². The molecule has 0 radical (unpaired) electrons. The summed E-state index contributed by atoms with van der Waals surface area (Å²) in [6.07, 6.45) is 3.25. The number of carbonyl (C=O) groups excluding carboxylic acids is 1. The number of hydrogen-bond donors (Lipinski definition) is 1. The van der Waals surface area contributed by atoms with Crippen molar-refractivity contribution in [2.75, 3.05) is 20.2 Å². The van der Waals surface area contributed by atoms with Crippen molar-refractivity contribution in [2.24, 2.45) is 13.0 Å². The number of piperidine rings is 1.